The van der Waals surface area contributed by atoms with Crippen LogP contribution in [0.5, 0.6) is 0 Å². The third-order valence-corrected chi connectivity index (χ3v) is 9.18. The van der Waals surface area contributed by atoms with E-state index in [0.717, 1.165) is 47.6 Å². The van der Waals surface area contributed by atoms with Crippen LogP contribution in [0, 0.1) is 33.5 Å². The molecule has 3 aliphatic rings. The summed E-state index contributed by atoms with van der Waals surface area (Å²) in [5, 5.41) is 25.2. The van der Waals surface area contributed by atoms with Gasteiger partial charge in [0, 0.05) is 5.70 Å². The van der Waals surface area contributed by atoms with Crippen molar-refractivity contribution in [3.63, 3.8) is 0 Å². The van der Waals surface area contributed by atoms with Crippen molar-refractivity contribution in [3.05, 3.63) is 47.2 Å². The first-order chi connectivity index (χ1) is 14.1. The smallest absolute Gasteiger partial charge is 0.178 e. The van der Waals surface area contributed by atoms with Gasteiger partial charge in [-0.05, 0) is 41.9 Å². The number of nitrogens with one attached hydrogen (secondary N) is 1. The maximum Gasteiger partial charge on any atom is 0.178 e. The lowest BCUT2D eigenvalue weighted by molar-refractivity contribution is 0.200. The number of nitriles is 2. The average Bonchev–Trinajstić information content (AvgIpc) is 3.28. The summed E-state index contributed by atoms with van der Waals surface area (Å²) in [5.41, 5.74) is 7.39. The van der Waals surface area contributed by atoms with E-state index < -0.39 is 21.1 Å². The van der Waals surface area contributed by atoms with Crippen LogP contribution in [0.15, 0.2) is 46.6 Å². The Hall–Kier alpha value is -2.09. The predicted octanol–water partition coefficient (Wildman–Crippen LogP) is 4.32. The number of hydrogen-bond donors (Lipinski definition) is 2. The molecule has 3 N–H and O–H groups in total. The number of thioether (sulfide) groups is 2. The molecule has 0 unspecified atom stereocenters. The molecule has 3 atom stereocenters. The van der Waals surface area contributed by atoms with Crippen LogP contribution in [0.4, 0.5) is 0 Å². The van der Waals surface area contributed by atoms with Gasteiger partial charge in [-0.1, -0.05) is 44.2 Å². The second kappa shape index (κ2) is 7.31. The van der Waals surface area contributed by atoms with Gasteiger partial charge in [0.25, 0.3) is 0 Å². The number of nitrogens with zero attached hydrogens (tertiary/aromatic N) is 3. The van der Waals surface area contributed by atoms with E-state index in [2.05, 4.69) is 31.3 Å². The van der Waals surface area contributed by atoms with E-state index in [9.17, 15) is 10.5 Å². The molecule has 2 aliphatic heterocycles. The van der Waals surface area contributed by atoms with Crippen LogP contribution in [0.2, 0.25) is 0 Å². The molecule has 1 aromatic rings. The van der Waals surface area contributed by atoms with E-state index in [0.29, 0.717) is 0 Å². The van der Waals surface area contributed by atoms with Gasteiger partial charge in [0.1, 0.15) is 5.84 Å². The van der Waals surface area contributed by atoms with Crippen LogP contribution < -0.4 is 11.1 Å². The van der Waals surface area contributed by atoms with Crippen molar-refractivity contribution in [2.75, 3.05) is 11.5 Å². The molecule has 0 aromatic heterocycles. The highest BCUT2D eigenvalue weighted by atomic mass is 32.2. The van der Waals surface area contributed by atoms with Gasteiger partial charge in [0.2, 0.25) is 0 Å². The van der Waals surface area contributed by atoms with Crippen molar-refractivity contribution < 1.29 is 0 Å². The van der Waals surface area contributed by atoms with Crippen LogP contribution in [0.25, 0.3) is 0 Å². The molecule has 150 valence electrons. The van der Waals surface area contributed by atoms with Crippen LogP contribution in [-0.4, -0.2) is 21.5 Å². The summed E-state index contributed by atoms with van der Waals surface area (Å²) in [6.07, 6.45) is 2.68. The SMILES string of the molecule is CCSC1(SCC)N=C(N)[C@@]2(C#N)[C@H](c3ccccc3)NC3=C(CCC3)[C@@]12C#N. The molecule has 0 saturated heterocycles. The van der Waals surface area contributed by atoms with Crippen LogP contribution in [0.1, 0.15) is 44.7 Å². The Bertz CT molecular complexity index is 952. The molecule has 0 saturated carbocycles. The number of hydrogen-bond acceptors (Lipinski definition) is 7. The van der Waals surface area contributed by atoms with E-state index in [4.69, 9.17) is 10.7 Å². The largest absolute Gasteiger partial charge is 0.386 e. The van der Waals surface area contributed by atoms with Gasteiger partial charge in [0.05, 0.1) is 18.2 Å². The molecule has 1 aliphatic carbocycles. The molecule has 0 bridgehead atoms. The summed E-state index contributed by atoms with van der Waals surface area (Å²) < 4.78 is -0.814. The minimum atomic E-state index is -1.25. The monoisotopic (exact) mass is 423 g/mol. The summed E-state index contributed by atoms with van der Waals surface area (Å²) in [5.74, 6) is 1.87. The average molecular weight is 424 g/mol. The topological polar surface area (TPSA) is 98.0 Å². The second-order valence-corrected chi connectivity index (χ2v) is 10.7. The molecule has 5 nitrogen and oxygen atoms in total. The summed E-state index contributed by atoms with van der Waals surface area (Å²) >= 11 is 3.29. The minimum absolute atomic E-state index is 0.281. The van der Waals surface area contributed by atoms with Crippen molar-refractivity contribution in [1.82, 2.24) is 5.32 Å². The first-order valence-electron chi connectivity index (χ1n) is 10.1. The fourth-order valence-corrected chi connectivity index (χ4v) is 8.53. The Morgan fingerprint density at radius 2 is 1.83 bits per heavy atom. The molecular weight excluding hydrogens is 398 g/mol. The zero-order chi connectivity index (χ0) is 20.7. The molecular formula is C22H25N5S2. The maximum atomic E-state index is 10.8. The van der Waals surface area contributed by atoms with Gasteiger partial charge in [0.15, 0.2) is 15.0 Å². The minimum Gasteiger partial charge on any atom is -0.386 e. The predicted molar refractivity (Wildman–Crippen MR) is 120 cm³/mol. The third-order valence-electron chi connectivity index (χ3n) is 6.32. The Balaban J connectivity index is 2.08. The number of aliphatic imine (C=N–C) groups is 1. The summed E-state index contributed by atoms with van der Waals surface area (Å²) in [6.45, 7) is 4.15. The molecule has 4 rings (SSSR count). The highest BCUT2D eigenvalue weighted by molar-refractivity contribution is 8.18. The number of fused-ring (bicyclic) bond motifs is 2. The van der Waals surface area contributed by atoms with Gasteiger partial charge in [-0.2, -0.15) is 10.5 Å². The van der Waals surface area contributed by atoms with Gasteiger partial charge < -0.3 is 11.1 Å². The zero-order valence-corrected chi connectivity index (χ0v) is 18.4. The van der Waals surface area contributed by atoms with Crippen LogP contribution in [-0.2, 0) is 0 Å². The molecule has 0 spiro atoms. The molecule has 0 amide bonds. The van der Waals surface area contributed by atoms with Crippen molar-refractivity contribution in [2.45, 2.75) is 43.4 Å². The van der Waals surface area contributed by atoms with E-state index >= 15 is 0 Å². The molecule has 2 heterocycles. The summed E-state index contributed by atoms with van der Waals surface area (Å²) in [4.78, 5) is 4.97. The molecule has 7 heteroatoms. The Morgan fingerprint density at radius 1 is 1.14 bits per heavy atom. The summed E-state index contributed by atoms with van der Waals surface area (Å²) in [7, 11) is 0. The quantitative estimate of drug-likeness (QED) is 0.685. The lowest BCUT2D eigenvalue weighted by Crippen LogP contribution is -2.61. The highest BCUT2D eigenvalue weighted by Gasteiger charge is 2.77. The fraction of sp³-hybridized carbons (Fsp3) is 0.500. The Labute approximate surface area is 180 Å². The number of amidine groups is 1. The Kier molecular flexibility index (Phi) is 5.09. The first kappa shape index (κ1) is 20.2. The zero-order valence-electron chi connectivity index (χ0n) is 16.7. The first-order valence-corrected chi connectivity index (χ1v) is 12.0. The standard InChI is InChI=1S/C22H25N5S2/c1-3-28-22(29-4-2)21(14-24)16-11-8-12-17(16)26-18(15-9-6-5-7-10-15)20(21,13-23)19(25)27-22/h5-7,9-10,18,26H,3-4,8,11-12H2,1-2H3,(H2,25,27)/t18-,20+,21+/m0/s1. The lowest BCUT2D eigenvalue weighted by atomic mass is 9.55. The number of nitrogens with two attached hydrogens (primary N) is 1. The molecule has 1 aromatic carbocycles. The molecule has 0 fully saturated rings. The van der Waals surface area contributed by atoms with Gasteiger partial charge in [-0.3, -0.25) is 0 Å². The van der Waals surface area contributed by atoms with Crippen molar-refractivity contribution in [3.8, 4) is 12.1 Å². The van der Waals surface area contributed by atoms with Crippen LogP contribution in [0.3, 0.4) is 0 Å². The number of rotatable bonds is 5. The van der Waals surface area contributed by atoms with E-state index in [1.807, 2.05) is 30.3 Å². The van der Waals surface area contributed by atoms with E-state index in [1.54, 1.807) is 23.5 Å². The maximum absolute atomic E-state index is 10.8. The highest BCUT2D eigenvalue weighted by Crippen LogP contribution is 2.72. The van der Waals surface area contributed by atoms with Crippen molar-refractivity contribution in [2.24, 2.45) is 21.6 Å². The number of allylic oxidation sites excluding steroid dienone is 1. The summed E-state index contributed by atoms with van der Waals surface area (Å²) in [6, 6.07) is 14.7. The second-order valence-electron chi connectivity index (χ2n) is 7.53. The van der Waals surface area contributed by atoms with Crippen LogP contribution >= 0.6 is 23.5 Å². The number of benzene rings is 1. The molecule has 29 heavy (non-hydrogen) atoms. The van der Waals surface area contributed by atoms with Gasteiger partial charge in [-0.15, -0.1) is 23.5 Å². The lowest BCUT2D eigenvalue weighted by Gasteiger charge is -2.52. The van der Waals surface area contributed by atoms with Gasteiger partial charge in [-0.25, -0.2) is 4.99 Å². The fourth-order valence-electron chi connectivity index (χ4n) is 5.29. The van der Waals surface area contributed by atoms with Crippen molar-refractivity contribution >= 4 is 29.4 Å². The van der Waals surface area contributed by atoms with E-state index in [-0.39, 0.29) is 5.84 Å². The van der Waals surface area contributed by atoms with E-state index in [1.165, 1.54) is 0 Å². The van der Waals surface area contributed by atoms with Gasteiger partial charge >= 0.3 is 0 Å². The third kappa shape index (κ3) is 2.38. The van der Waals surface area contributed by atoms with Crippen molar-refractivity contribution in [1.29, 1.82) is 10.5 Å². The molecule has 0 radical (unpaired) electrons. The Morgan fingerprint density at radius 3 is 2.41 bits per heavy atom. The normalized spacial score (nSPS) is 31.9.